The summed E-state index contributed by atoms with van der Waals surface area (Å²) in [6.45, 7) is 6.47. The van der Waals surface area contributed by atoms with Crippen molar-refractivity contribution in [3.8, 4) is 5.75 Å². The highest BCUT2D eigenvalue weighted by Gasteiger charge is 2.09. The van der Waals surface area contributed by atoms with E-state index in [4.69, 9.17) is 9.47 Å². The molecule has 6 heteroatoms. The van der Waals surface area contributed by atoms with Gasteiger partial charge in [0.05, 0.1) is 6.61 Å². The van der Waals surface area contributed by atoms with Gasteiger partial charge in [0.2, 0.25) is 0 Å². The van der Waals surface area contributed by atoms with Crippen molar-refractivity contribution in [2.45, 2.75) is 33.9 Å². The van der Waals surface area contributed by atoms with Gasteiger partial charge >= 0.3 is 5.69 Å². The summed E-state index contributed by atoms with van der Waals surface area (Å²) in [6, 6.07) is 7.76. The molecule has 1 aromatic carbocycles. The van der Waals surface area contributed by atoms with Crippen LogP contribution in [-0.2, 0) is 17.9 Å². The van der Waals surface area contributed by atoms with Crippen molar-refractivity contribution in [2.75, 3.05) is 13.2 Å². The van der Waals surface area contributed by atoms with E-state index in [1.54, 1.807) is 6.92 Å². The molecule has 1 N–H and O–H groups in total. The van der Waals surface area contributed by atoms with Gasteiger partial charge in [0, 0.05) is 11.3 Å². The fourth-order valence-electron chi connectivity index (χ4n) is 2.30. The molecule has 2 aromatic rings. The number of ether oxygens (including phenoxy) is 2. The van der Waals surface area contributed by atoms with Crippen LogP contribution >= 0.6 is 0 Å². The van der Waals surface area contributed by atoms with E-state index in [1.807, 2.05) is 38.1 Å². The van der Waals surface area contributed by atoms with Gasteiger partial charge in [-0.15, -0.1) is 0 Å². The van der Waals surface area contributed by atoms with Crippen LogP contribution in [0, 0.1) is 13.8 Å². The van der Waals surface area contributed by atoms with Crippen LogP contribution in [0.4, 0.5) is 0 Å². The van der Waals surface area contributed by atoms with Gasteiger partial charge in [0.15, 0.2) is 0 Å². The molecule has 0 atom stereocenters. The average molecular weight is 318 g/mol. The summed E-state index contributed by atoms with van der Waals surface area (Å²) < 4.78 is 12.5. The Hall–Kier alpha value is -2.34. The molecule has 0 fully saturated rings. The molecular formula is C17H22N2O4. The van der Waals surface area contributed by atoms with Crippen LogP contribution in [0.15, 0.2) is 33.9 Å². The summed E-state index contributed by atoms with van der Waals surface area (Å²) in [4.78, 5) is 25.8. The van der Waals surface area contributed by atoms with E-state index in [0.29, 0.717) is 30.9 Å². The van der Waals surface area contributed by atoms with Crippen LogP contribution < -0.4 is 16.0 Å². The van der Waals surface area contributed by atoms with E-state index in [9.17, 15) is 9.59 Å². The molecule has 0 saturated heterocycles. The number of nitrogens with one attached hydrogen (secondary N) is 1. The Balaban J connectivity index is 1.88. The lowest BCUT2D eigenvalue weighted by atomic mass is 10.2. The number of rotatable bonds is 7. The van der Waals surface area contributed by atoms with Crippen molar-refractivity contribution in [3.05, 3.63) is 61.9 Å². The molecule has 0 aliphatic rings. The molecule has 0 aliphatic carbocycles. The molecule has 23 heavy (non-hydrogen) atoms. The summed E-state index contributed by atoms with van der Waals surface area (Å²) in [5, 5.41) is 0. The first-order chi connectivity index (χ1) is 11.0. The number of nitrogens with zero attached hydrogens (tertiary/aromatic N) is 1. The molecule has 0 bridgehead atoms. The van der Waals surface area contributed by atoms with Gasteiger partial charge in [-0.1, -0.05) is 24.6 Å². The standard InChI is InChI=1S/C17H22N2O4/c1-4-15-13(3)19(17(21)18-16(15)20)11-22-9-10-23-14-7-5-12(2)6-8-14/h5-8H,4,9-11H2,1-3H3,(H,18,20,21). The lowest BCUT2D eigenvalue weighted by Crippen LogP contribution is -2.35. The van der Waals surface area contributed by atoms with E-state index < -0.39 is 5.69 Å². The van der Waals surface area contributed by atoms with E-state index in [1.165, 1.54) is 10.1 Å². The highest BCUT2D eigenvalue weighted by atomic mass is 16.5. The monoisotopic (exact) mass is 318 g/mol. The highest BCUT2D eigenvalue weighted by molar-refractivity contribution is 5.26. The summed E-state index contributed by atoms with van der Waals surface area (Å²) in [5.41, 5.74) is 1.64. The number of hydrogen-bond donors (Lipinski definition) is 1. The molecule has 0 spiro atoms. The number of aryl methyl sites for hydroxylation is 1. The minimum Gasteiger partial charge on any atom is -0.491 e. The lowest BCUT2D eigenvalue weighted by molar-refractivity contribution is 0.0500. The van der Waals surface area contributed by atoms with Crippen LogP contribution in [0.1, 0.15) is 23.7 Å². The zero-order valence-electron chi connectivity index (χ0n) is 13.7. The summed E-state index contributed by atoms with van der Waals surface area (Å²) in [5.74, 6) is 0.782. The Kier molecular flexibility index (Phi) is 5.76. The van der Waals surface area contributed by atoms with Gasteiger partial charge in [-0.3, -0.25) is 14.3 Å². The van der Waals surface area contributed by atoms with Gasteiger partial charge in [-0.25, -0.2) is 4.79 Å². The molecule has 6 nitrogen and oxygen atoms in total. The second kappa shape index (κ2) is 7.78. The molecule has 0 saturated carbocycles. The first-order valence-corrected chi connectivity index (χ1v) is 7.62. The number of hydrogen-bond acceptors (Lipinski definition) is 4. The van der Waals surface area contributed by atoms with Crippen LogP contribution in [-0.4, -0.2) is 22.8 Å². The quantitative estimate of drug-likeness (QED) is 0.790. The van der Waals surface area contributed by atoms with Gasteiger partial charge in [0.25, 0.3) is 5.56 Å². The second-order valence-corrected chi connectivity index (χ2v) is 5.30. The van der Waals surface area contributed by atoms with Crippen molar-refractivity contribution in [1.29, 1.82) is 0 Å². The van der Waals surface area contributed by atoms with Gasteiger partial charge in [-0.05, 0) is 32.4 Å². The minimum atomic E-state index is -0.454. The number of benzene rings is 1. The smallest absolute Gasteiger partial charge is 0.330 e. The maximum Gasteiger partial charge on any atom is 0.330 e. The average Bonchev–Trinajstić information content (AvgIpc) is 2.51. The Labute approximate surface area is 134 Å². The van der Waals surface area contributed by atoms with E-state index >= 15 is 0 Å². The zero-order valence-corrected chi connectivity index (χ0v) is 13.7. The number of aromatic amines is 1. The van der Waals surface area contributed by atoms with Crippen molar-refractivity contribution < 1.29 is 9.47 Å². The van der Waals surface area contributed by atoms with Gasteiger partial charge in [0.1, 0.15) is 19.1 Å². The maximum absolute atomic E-state index is 11.8. The Bertz CT molecular complexity index is 760. The van der Waals surface area contributed by atoms with Crippen LogP contribution in [0.2, 0.25) is 0 Å². The van der Waals surface area contributed by atoms with Crippen LogP contribution in [0.25, 0.3) is 0 Å². The van der Waals surface area contributed by atoms with Crippen LogP contribution in [0.5, 0.6) is 5.75 Å². The Morgan fingerprint density at radius 1 is 1.09 bits per heavy atom. The van der Waals surface area contributed by atoms with Crippen molar-refractivity contribution >= 4 is 0 Å². The predicted molar refractivity (Wildman–Crippen MR) is 88.1 cm³/mol. The van der Waals surface area contributed by atoms with E-state index in [2.05, 4.69) is 4.98 Å². The first kappa shape index (κ1) is 17.0. The molecule has 0 amide bonds. The molecule has 0 radical (unpaired) electrons. The third kappa shape index (κ3) is 4.32. The van der Waals surface area contributed by atoms with Crippen molar-refractivity contribution in [1.82, 2.24) is 9.55 Å². The third-order valence-electron chi connectivity index (χ3n) is 3.67. The SMILES string of the molecule is CCc1c(C)n(COCCOc2ccc(C)cc2)c(=O)[nH]c1=O. The van der Waals surface area contributed by atoms with Gasteiger partial charge in [-0.2, -0.15) is 0 Å². The number of H-pyrrole nitrogens is 1. The van der Waals surface area contributed by atoms with Crippen LogP contribution in [0.3, 0.4) is 0 Å². The van der Waals surface area contributed by atoms with Crippen molar-refractivity contribution in [2.24, 2.45) is 0 Å². The summed E-state index contributed by atoms with van der Waals surface area (Å²) in [6.07, 6.45) is 0.567. The molecule has 2 rings (SSSR count). The van der Waals surface area contributed by atoms with Gasteiger partial charge < -0.3 is 9.47 Å². The first-order valence-electron chi connectivity index (χ1n) is 7.62. The molecule has 1 aromatic heterocycles. The molecule has 0 aliphatic heterocycles. The fourth-order valence-corrected chi connectivity index (χ4v) is 2.30. The van der Waals surface area contributed by atoms with E-state index in [0.717, 1.165) is 5.75 Å². The second-order valence-electron chi connectivity index (χ2n) is 5.30. The summed E-state index contributed by atoms with van der Waals surface area (Å²) in [7, 11) is 0. The Morgan fingerprint density at radius 3 is 2.43 bits per heavy atom. The highest BCUT2D eigenvalue weighted by Crippen LogP contribution is 2.11. The predicted octanol–water partition coefficient (Wildman–Crippen LogP) is 1.77. The normalized spacial score (nSPS) is 10.7. The third-order valence-corrected chi connectivity index (χ3v) is 3.67. The zero-order chi connectivity index (χ0) is 16.8. The Morgan fingerprint density at radius 2 is 1.78 bits per heavy atom. The largest absolute Gasteiger partial charge is 0.491 e. The number of aromatic nitrogens is 2. The topological polar surface area (TPSA) is 73.3 Å². The molecule has 0 unspecified atom stereocenters. The summed E-state index contributed by atoms with van der Waals surface area (Å²) >= 11 is 0. The molecule has 124 valence electrons. The molecular weight excluding hydrogens is 296 g/mol. The minimum absolute atomic E-state index is 0.0890. The van der Waals surface area contributed by atoms with E-state index in [-0.39, 0.29) is 12.3 Å². The maximum atomic E-state index is 11.8. The molecule has 1 heterocycles. The fraction of sp³-hybridized carbons (Fsp3) is 0.412. The van der Waals surface area contributed by atoms with Crippen molar-refractivity contribution in [3.63, 3.8) is 0 Å². The lowest BCUT2D eigenvalue weighted by Gasteiger charge is -2.13.